The molecule has 0 fully saturated rings. The van der Waals surface area contributed by atoms with Gasteiger partial charge in [-0.15, -0.1) is 0 Å². The fourth-order valence-electron chi connectivity index (χ4n) is 2.37. The fourth-order valence-corrected chi connectivity index (χ4v) is 3.28. The van der Waals surface area contributed by atoms with Crippen molar-refractivity contribution in [3.63, 3.8) is 0 Å². The van der Waals surface area contributed by atoms with E-state index in [1.807, 2.05) is 20.8 Å². The minimum atomic E-state index is -0.438. The van der Waals surface area contributed by atoms with Gasteiger partial charge in [0.1, 0.15) is 0 Å². The van der Waals surface area contributed by atoms with Gasteiger partial charge in [0.15, 0.2) is 11.5 Å². The zero-order valence-corrected chi connectivity index (χ0v) is 18.0. The highest BCUT2D eigenvalue weighted by molar-refractivity contribution is 6.41. The summed E-state index contributed by atoms with van der Waals surface area (Å²) in [5.74, 6) is 0.859. The van der Waals surface area contributed by atoms with Gasteiger partial charge in [0.2, 0.25) is 5.75 Å². The van der Waals surface area contributed by atoms with Crippen LogP contribution < -0.4 is 25.1 Å². The van der Waals surface area contributed by atoms with Gasteiger partial charge in [-0.1, -0.05) is 34.8 Å². The number of carbonyl (C=O) groups is 1. The molecule has 9 heteroatoms. The van der Waals surface area contributed by atoms with Crippen molar-refractivity contribution in [1.29, 1.82) is 0 Å². The van der Waals surface area contributed by atoms with Crippen LogP contribution in [0.15, 0.2) is 24.3 Å². The molecule has 0 bridgehead atoms. The van der Waals surface area contributed by atoms with Gasteiger partial charge >= 0.3 is 0 Å². The predicted octanol–water partition coefficient (Wildman–Crippen LogP) is 5.60. The van der Waals surface area contributed by atoms with Crippen LogP contribution >= 0.6 is 34.8 Å². The third kappa shape index (κ3) is 5.50. The van der Waals surface area contributed by atoms with Gasteiger partial charge in [-0.05, 0) is 45.0 Å². The van der Waals surface area contributed by atoms with Gasteiger partial charge in [0, 0.05) is 10.6 Å². The molecule has 0 aliphatic carbocycles. The van der Waals surface area contributed by atoms with E-state index in [-0.39, 0.29) is 10.0 Å². The Balaban J connectivity index is 2.29. The highest BCUT2D eigenvalue weighted by Gasteiger charge is 2.19. The number of halogens is 3. The second kappa shape index (κ2) is 10.5. The summed E-state index contributed by atoms with van der Waals surface area (Å²) in [6.45, 7) is 6.79. The quantitative estimate of drug-likeness (QED) is 0.490. The van der Waals surface area contributed by atoms with E-state index in [1.165, 1.54) is 12.1 Å². The van der Waals surface area contributed by atoms with Crippen molar-refractivity contribution in [3.05, 3.63) is 44.9 Å². The number of hydrogen-bond acceptors (Lipinski definition) is 5. The van der Waals surface area contributed by atoms with Crippen LogP contribution in [0.4, 0.5) is 5.69 Å². The zero-order chi connectivity index (χ0) is 20.7. The molecule has 28 heavy (non-hydrogen) atoms. The lowest BCUT2D eigenvalue weighted by Crippen LogP contribution is -2.29. The van der Waals surface area contributed by atoms with E-state index in [1.54, 1.807) is 12.1 Å². The Kier molecular flexibility index (Phi) is 8.35. The van der Waals surface area contributed by atoms with Crippen molar-refractivity contribution < 1.29 is 19.0 Å². The summed E-state index contributed by atoms with van der Waals surface area (Å²) in [5, 5.41) is 0.935. The molecule has 2 aromatic carbocycles. The van der Waals surface area contributed by atoms with Crippen LogP contribution in [-0.4, -0.2) is 25.7 Å². The molecule has 0 aliphatic rings. The molecule has 0 heterocycles. The Morgan fingerprint density at radius 1 is 0.857 bits per heavy atom. The number of hydrazine groups is 1. The number of rotatable bonds is 9. The summed E-state index contributed by atoms with van der Waals surface area (Å²) in [7, 11) is 0. The molecule has 0 spiro atoms. The number of amides is 1. The van der Waals surface area contributed by atoms with E-state index in [0.29, 0.717) is 53.3 Å². The molecule has 152 valence electrons. The zero-order valence-electron chi connectivity index (χ0n) is 15.7. The number of ether oxygens (including phenoxy) is 3. The third-order valence-electron chi connectivity index (χ3n) is 3.48. The van der Waals surface area contributed by atoms with Crippen LogP contribution in [0.5, 0.6) is 17.2 Å². The summed E-state index contributed by atoms with van der Waals surface area (Å²) < 4.78 is 16.9. The van der Waals surface area contributed by atoms with Crippen LogP contribution in [0.1, 0.15) is 31.1 Å². The first-order valence-electron chi connectivity index (χ1n) is 8.68. The SMILES string of the molecule is CCOc1cc(C(=O)NNc2c(Cl)cc(Cl)cc2Cl)cc(OCC)c1OCC. The maximum absolute atomic E-state index is 12.7. The number of hydrogen-bond donors (Lipinski definition) is 2. The number of benzene rings is 2. The second-order valence-electron chi connectivity index (χ2n) is 5.42. The molecular formula is C19H21Cl3N2O4. The van der Waals surface area contributed by atoms with E-state index in [0.717, 1.165) is 0 Å². The molecule has 0 aromatic heterocycles. The molecular weight excluding hydrogens is 427 g/mol. The lowest BCUT2D eigenvalue weighted by atomic mass is 10.1. The lowest BCUT2D eigenvalue weighted by molar-refractivity contribution is 0.0961. The Morgan fingerprint density at radius 2 is 1.36 bits per heavy atom. The molecule has 0 aliphatic heterocycles. The molecule has 6 nitrogen and oxygen atoms in total. The smallest absolute Gasteiger partial charge is 0.269 e. The maximum atomic E-state index is 12.7. The van der Waals surface area contributed by atoms with E-state index in [9.17, 15) is 4.79 Å². The van der Waals surface area contributed by atoms with Gasteiger partial charge in [-0.25, -0.2) is 0 Å². The normalized spacial score (nSPS) is 10.4. The largest absolute Gasteiger partial charge is 0.490 e. The molecule has 2 N–H and O–H groups in total. The average Bonchev–Trinajstić information content (AvgIpc) is 2.63. The van der Waals surface area contributed by atoms with Crippen molar-refractivity contribution in [2.45, 2.75) is 20.8 Å². The molecule has 0 radical (unpaired) electrons. The minimum Gasteiger partial charge on any atom is -0.490 e. The van der Waals surface area contributed by atoms with Crippen LogP contribution in [0.3, 0.4) is 0 Å². The van der Waals surface area contributed by atoms with Crippen molar-refractivity contribution in [2.75, 3.05) is 25.2 Å². The van der Waals surface area contributed by atoms with Gasteiger partial charge in [-0.3, -0.25) is 15.6 Å². The molecule has 0 saturated carbocycles. The lowest BCUT2D eigenvalue weighted by Gasteiger charge is -2.17. The predicted molar refractivity (Wildman–Crippen MR) is 113 cm³/mol. The van der Waals surface area contributed by atoms with E-state index in [2.05, 4.69) is 10.9 Å². The summed E-state index contributed by atoms with van der Waals surface area (Å²) in [6.07, 6.45) is 0. The monoisotopic (exact) mass is 446 g/mol. The van der Waals surface area contributed by atoms with E-state index >= 15 is 0 Å². The van der Waals surface area contributed by atoms with Gasteiger partial charge in [0.25, 0.3) is 5.91 Å². The Hall–Kier alpha value is -2.02. The van der Waals surface area contributed by atoms with Crippen molar-refractivity contribution in [1.82, 2.24) is 5.43 Å². The first-order valence-corrected chi connectivity index (χ1v) is 9.81. The summed E-state index contributed by atoms with van der Waals surface area (Å²) in [5.41, 5.74) is 5.91. The number of anilines is 1. The highest BCUT2D eigenvalue weighted by atomic mass is 35.5. The molecule has 1 amide bonds. The summed E-state index contributed by atoms with van der Waals surface area (Å²) >= 11 is 18.1. The van der Waals surface area contributed by atoms with E-state index in [4.69, 9.17) is 49.0 Å². The number of carbonyl (C=O) groups excluding carboxylic acids is 1. The Bertz CT molecular complexity index is 796. The van der Waals surface area contributed by atoms with Crippen molar-refractivity contribution >= 4 is 46.4 Å². The van der Waals surface area contributed by atoms with Gasteiger partial charge in [0.05, 0.1) is 35.6 Å². The van der Waals surface area contributed by atoms with Crippen LogP contribution in [0.2, 0.25) is 15.1 Å². The maximum Gasteiger partial charge on any atom is 0.269 e. The van der Waals surface area contributed by atoms with Crippen LogP contribution in [-0.2, 0) is 0 Å². The van der Waals surface area contributed by atoms with Gasteiger partial charge < -0.3 is 14.2 Å². The standard InChI is InChI=1S/C19H21Cl3N2O4/c1-4-26-15-7-11(8-16(27-5-2)18(15)28-6-3)19(25)24-23-17-13(21)9-12(20)10-14(17)22/h7-10,23H,4-6H2,1-3H3,(H,24,25). The summed E-state index contributed by atoms with van der Waals surface area (Å²) in [4.78, 5) is 12.7. The first-order chi connectivity index (χ1) is 13.4. The van der Waals surface area contributed by atoms with Crippen molar-refractivity contribution in [3.8, 4) is 17.2 Å². The summed E-state index contributed by atoms with van der Waals surface area (Å²) in [6, 6.07) is 6.19. The highest BCUT2D eigenvalue weighted by Crippen LogP contribution is 2.39. The topological polar surface area (TPSA) is 68.8 Å². The molecule has 0 atom stereocenters. The third-order valence-corrected chi connectivity index (χ3v) is 4.29. The van der Waals surface area contributed by atoms with Crippen LogP contribution in [0.25, 0.3) is 0 Å². The number of nitrogens with one attached hydrogen (secondary N) is 2. The molecule has 2 aromatic rings. The molecule has 0 unspecified atom stereocenters. The fraction of sp³-hybridized carbons (Fsp3) is 0.316. The molecule has 2 rings (SSSR count). The minimum absolute atomic E-state index is 0.273. The average molecular weight is 448 g/mol. The second-order valence-corrected chi connectivity index (χ2v) is 6.68. The van der Waals surface area contributed by atoms with Crippen molar-refractivity contribution in [2.24, 2.45) is 0 Å². The Labute approximate surface area is 179 Å². The van der Waals surface area contributed by atoms with E-state index < -0.39 is 5.91 Å². The Morgan fingerprint density at radius 3 is 1.82 bits per heavy atom. The van der Waals surface area contributed by atoms with Crippen LogP contribution in [0, 0.1) is 0 Å². The molecule has 0 saturated heterocycles. The van der Waals surface area contributed by atoms with Gasteiger partial charge in [-0.2, -0.15) is 0 Å². The first kappa shape index (κ1) is 22.3.